The minimum Gasteiger partial charge on any atom is -0.374 e. The highest BCUT2D eigenvalue weighted by Gasteiger charge is 2.19. The smallest absolute Gasteiger partial charge is 0.148 e. The van der Waals surface area contributed by atoms with E-state index in [2.05, 4.69) is 27.8 Å². The van der Waals surface area contributed by atoms with Gasteiger partial charge in [-0.2, -0.15) is 0 Å². The minimum atomic E-state index is -1.06. The highest BCUT2D eigenvalue weighted by molar-refractivity contribution is 9.10. The van der Waals surface area contributed by atoms with Crippen molar-refractivity contribution in [3.63, 3.8) is 0 Å². The third-order valence-electron chi connectivity index (χ3n) is 2.01. The van der Waals surface area contributed by atoms with Crippen molar-refractivity contribution >= 4 is 15.9 Å². The van der Waals surface area contributed by atoms with E-state index in [0.717, 1.165) is 10.0 Å². The van der Waals surface area contributed by atoms with Crippen LogP contribution in [-0.2, 0) is 5.60 Å². The molecule has 0 fully saturated rings. The summed E-state index contributed by atoms with van der Waals surface area (Å²) < 4.78 is 0.999. The quantitative estimate of drug-likeness (QED) is 0.774. The van der Waals surface area contributed by atoms with E-state index >= 15 is 0 Å². The molecule has 1 rings (SSSR count). The van der Waals surface area contributed by atoms with Crippen molar-refractivity contribution in [2.45, 2.75) is 26.4 Å². The first-order valence-corrected chi connectivity index (χ1v) is 5.72. The molecule has 1 aromatic rings. The molecule has 1 N–H and O–H groups in total. The summed E-state index contributed by atoms with van der Waals surface area (Å²) >= 11 is 3.36. The van der Waals surface area contributed by atoms with Gasteiger partial charge in [0.25, 0.3) is 0 Å². The number of benzene rings is 1. The summed E-state index contributed by atoms with van der Waals surface area (Å²) in [6.45, 7) is 5.72. The van der Waals surface area contributed by atoms with E-state index in [1.807, 2.05) is 38.1 Å². The van der Waals surface area contributed by atoms with Crippen LogP contribution in [0.3, 0.4) is 0 Å². The molecule has 80 valence electrons. The molecule has 1 aromatic carbocycles. The summed E-state index contributed by atoms with van der Waals surface area (Å²) in [6.07, 6.45) is 0. The Bertz CT molecular complexity index is 379. The average molecular weight is 267 g/mol. The van der Waals surface area contributed by atoms with Crippen molar-refractivity contribution in [3.05, 3.63) is 34.3 Å². The number of rotatable bonds is 1. The molecular formula is C13H15BrO. The minimum absolute atomic E-state index is 0.270. The lowest BCUT2D eigenvalue weighted by atomic mass is 9.96. The van der Waals surface area contributed by atoms with Gasteiger partial charge in [-0.1, -0.05) is 53.8 Å². The summed E-state index contributed by atoms with van der Waals surface area (Å²) in [5.74, 6) is 6.14. The number of hydrogen-bond donors (Lipinski definition) is 1. The molecule has 0 saturated carbocycles. The van der Waals surface area contributed by atoms with Gasteiger partial charge in [0.2, 0.25) is 0 Å². The van der Waals surface area contributed by atoms with Crippen LogP contribution in [0.4, 0.5) is 0 Å². The largest absolute Gasteiger partial charge is 0.374 e. The lowest BCUT2D eigenvalue weighted by Crippen LogP contribution is -2.18. The Morgan fingerprint density at radius 1 is 1.27 bits per heavy atom. The first-order valence-electron chi connectivity index (χ1n) is 4.93. The Hall–Kier alpha value is -0.780. The molecule has 1 nitrogen and oxygen atoms in total. The number of halogens is 1. The molecule has 0 aliphatic heterocycles. The average Bonchev–Trinajstić information content (AvgIpc) is 2.16. The van der Waals surface area contributed by atoms with Crippen LogP contribution in [0.5, 0.6) is 0 Å². The zero-order valence-electron chi connectivity index (χ0n) is 9.21. The summed E-state index contributed by atoms with van der Waals surface area (Å²) in [5.41, 5.74) is -0.246. The molecule has 0 amide bonds. The maximum absolute atomic E-state index is 10.1. The third kappa shape index (κ3) is 3.70. The lowest BCUT2D eigenvalue weighted by molar-refractivity contribution is 0.122. The van der Waals surface area contributed by atoms with Crippen molar-refractivity contribution in [1.82, 2.24) is 0 Å². The van der Waals surface area contributed by atoms with Crippen LogP contribution in [0.15, 0.2) is 28.7 Å². The molecule has 0 bridgehead atoms. The van der Waals surface area contributed by atoms with Crippen molar-refractivity contribution in [3.8, 4) is 11.8 Å². The molecule has 0 aromatic heterocycles. The molecule has 2 heteroatoms. The fourth-order valence-corrected chi connectivity index (χ4v) is 1.40. The Balaban J connectivity index is 2.97. The van der Waals surface area contributed by atoms with Gasteiger partial charge in [-0.25, -0.2) is 0 Å². The van der Waals surface area contributed by atoms with Gasteiger partial charge >= 0.3 is 0 Å². The molecule has 15 heavy (non-hydrogen) atoms. The maximum atomic E-state index is 10.1. The molecule has 0 radical (unpaired) electrons. The highest BCUT2D eigenvalue weighted by atomic mass is 79.9. The van der Waals surface area contributed by atoms with E-state index in [1.54, 1.807) is 6.92 Å². The summed E-state index contributed by atoms with van der Waals surface area (Å²) in [4.78, 5) is 0. The van der Waals surface area contributed by atoms with Gasteiger partial charge in [0.05, 0.1) is 0 Å². The van der Waals surface area contributed by atoms with Gasteiger partial charge in [-0.05, 0) is 24.6 Å². The van der Waals surface area contributed by atoms with Crippen LogP contribution in [-0.4, -0.2) is 5.11 Å². The van der Waals surface area contributed by atoms with E-state index < -0.39 is 5.60 Å². The van der Waals surface area contributed by atoms with E-state index in [9.17, 15) is 5.11 Å². The van der Waals surface area contributed by atoms with Crippen molar-refractivity contribution < 1.29 is 5.11 Å². The number of aliphatic hydroxyl groups is 1. The summed E-state index contributed by atoms with van der Waals surface area (Å²) in [5, 5.41) is 10.1. The third-order valence-corrected chi connectivity index (χ3v) is 2.54. The van der Waals surface area contributed by atoms with Crippen molar-refractivity contribution in [1.29, 1.82) is 0 Å². The van der Waals surface area contributed by atoms with Crippen molar-refractivity contribution in [2.24, 2.45) is 5.92 Å². The molecular weight excluding hydrogens is 252 g/mol. The second-order valence-electron chi connectivity index (χ2n) is 4.00. The first-order chi connectivity index (χ1) is 6.92. The second-order valence-corrected chi connectivity index (χ2v) is 4.92. The predicted octanol–water partition coefficient (Wildman–Crippen LogP) is 3.32. The number of hydrogen-bond acceptors (Lipinski definition) is 1. The molecule has 0 aliphatic carbocycles. The monoisotopic (exact) mass is 266 g/mol. The zero-order valence-corrected chi connectivity index (χ0v) is 10.8. The van der Waals surface area contributed by atoms with E-state index in [-0.39, 0.29) is 5.92 Å². The van der Waals surface area contributed by atoms with Crippen LogP contribution in [0, 0.1) is 17.8 Å². The molecule has 0 saturated heterocycles. The molecule has 0 unspecified atom stereocenters. The van der Waals surface area contributed by atoms with Gasteiger partial charge in [0.1, 0.15) is 5.60 Å². The molecule has 0 heterocycles. The zero-order chi connectivity index (χ0) is 11.5. The van der Waals surface area contributed by atoms with Crippen LogP contribution in [0.1, 0.15) is 26.3 Å². The van der Waals surface area contributed by atoms with E-state index in [4.69, 9.17) is 0 Å². The van der Waals surface area contributed by atoms with E-state index in [1.165, 1.54) is 0 Å². The normalized spacial score (nSPS) is 14.3. The van der Waals surface area contributed by atoms with Crippen LogP contribution >= 0.6 is 15.9 Å². The van der Waals surface area contributed by atoms with Gasteiger partial charge in [0, 0.05) is 10.4 Å². The predicted molar refractivity (Wildman–Crippen MR) is 66.3 cm³/mol. The summed E-state index contributed by atoms with van der Waals surface area (Å²) in [7, 11) is 0. The standard InChI is InChI=1S/C13H15BrO/c1-10(2)8-9-13(3,15)11-4-6-12(14)7-5-11/h4-7,10,15H,1-3H3/t13-/m1/s1. The van der Waals surface area contributed by atoms with Crippen LogP contribution in [0.2, 0.25) is 0 Å². The molecule has 0 spiro atoms. The van der Waals surface area contributed by atoms with Gasteiger partial charge in [0.15, 0.2) is 0 Å². The Labute approximate surface area is 99.6 Å². The topological polar surface area (TPSA) is 20.2 Å². The van der Waals surface area contributed by atoms with E-state index in [0.29, 0.717) is 0 Å². The van der Waals surface area contributed by atoms with Crippen LogP contribution in [0.25, 0.3) is 0 Å². The Morgan fingerprint density at radius 2 is 1.80 bits per heavy atom. The SMILES string of the molecule is CC(C)C#C[C@@](C)(O)c1ccc(Br)cc1. The highest BCUT2D eigenvalue weighted by Crippen LogP contribution is 2.21. The molecule has 1 atom stereocenters. The summed E-state index contributed by atoms with van der Waals surface area (Å²) in [6, 6.07) is 7.56. The van der Waals surface area contributed by atoms with Gasteiger partial charge in [-0.15, -0.1) is 0 Å². The van der Waals surface area contributed by atoms with Crippen molar-refractivity contribution in [2.75, 3.05) is 0 Å². The Kier molecular flexibility index (Phi) is 3.96. The second kappa shape index (κ2) is 4.83. The fraction of sp³-hybridized carbons (Fsp3) is 0.385. The Morgan fingerprint density at radius 3 is 2.27 bits per heavy atom. The van der Waals surface area contributed by atoms with Gasteiger partial charge < -0.3 is 5.11 Å². The maximum Gasteiger partial charge on any atom is 0.148 e. The van der Waals surface area contributed by atoms with Gasteiger partial charge in [-0.3, -0.25) is 0 Å². The van der Waals surface area contributed by atoms with Crippen LogP contribution < -0.4 is 0 Å². The lowest BCUT2D eigenvalue weighted by Gasteiger charge is -2.17. The fourth-order valence-electron chi connectivity index (χ4n) is 1.13. The molecule has 0 aliphatic rings. The first kappa shape index (κ1) is 12.3.